The van der Waals surface area contributed by atoms with Gasteiger partial charge in [0.1, 0.15) is 5.75 Å². The zero-order valence-electron chi connectivity index (χ0n) is 11.9. The van der Waals surface area contributed by atoms with Crippen LogP contribution in [0.4, 0.5) is 19.3 Å². The van der Waals surface area contributed by atoms with Crippen molar-refractivity contribution in [2.24, 2.45) is 0 Å². The van der Waals surface area contributed by atoms with Gasteiger partial charge in [0.05, 0.1) is 0 Å². The quantitative estimate of drug-likeness (QED) is 0.842. The summed E-state index contributed by atoms with van der Waals surface area (Å²) in [5.41, 5.74) is 0.892. The number of halogens is 2. The van der Waals surface area contributed by atoms with Crippen LogP contribution in [0.1, 0.15) is 10.4 Å². The van der Waals surface area contributed by atoms with Gasteiger partial charge in [0.15, 0.2) is 0 Å². The van der Waals surface area contributed by atoms with Gasteiger partial charge in [-0.1, -0.05) is 12.1 Å². The molecule has 0 radical (unpaired) electrons. The number of carbonyl (C=O) groups is 1. The Labute approximate surface area is 131 Å². The molecular formula is C15H16F2N2O2S. The van der Waals surface area contributed by atoms with Crippen molar-refractivity contribution in [3.05, 3.63) is 46.2 Å². The molecule has 1 aromatic heterocycles. The number of carbonyl (C=O) groups excluding carboxylic acids is 1. The van der Waals surface area contributed by atoms with Crippen LogP contribution in [0, 0.1) is 6.92 Å². The summed E-state index contributed by atoms with van der Waals surface area (Å²) in [4.78, 5) is 13.0. The molecule has 1 heterocycles. The summed E-state index contributed by atoms with van der Waals surface area (Å²) in [5, 5.41) is 7.34. The van der Waals surface area contributed by atoms with Gasteiger partial charge >= 0.3 is 12.6 Å². The number of alkyl halides is 2. The smallest absolute Gasteiger partial charge is 0.387 e. The second-order valence-electron chi connectivity index (χ2n) is 4.52. The minimum atomic E-state index is -2.89. The fourth-order valence-corrected chi connectivity index (χ4v) is 2.60. The molecule has 0 aliphatic heterocycles. The Bertz CT molecular complexity index is 618. The van der Waals surface area contributed by atoms with Crippen LogP contribution in [0.15, 0.2) is 35.7 Å². The van der Waals surface area contributed by atoms with Gasteiger partial charge in [-0.25, -0.2) is 4.79 Å². The van der Waals surface area contributed by atoms with Crippen LogP contribution in [-0.2, 0) is 6.42 Å². The summed E-state index contributed by atoms with van der Waals surface area (Å²) in [6.07, 6.45) is 0.749. The Morgan fingerprint density at radius 1 is 1.32 bits per heavy atom. The average molecular weight is 326 g/mol. The summed E-state index contributed by atoms with van der Waals surface area (Å²) < 4.78 is 28.9. The van der Waals surface area contributed by atoms with Crippen molar-refractivity contribution in [1.29, 1.82) is 0 Å². The SMILES string of the molecule is Cc1c(NC(=O)NCCc2cccs2)cccc1OC(F)F. The van der Waals surface area contributed by atoms with Crippen molar-refractivity contribution >= 4 is 23.1 Å². The van der Waals surface area contributed by atoms with Crippen LogP contribution in [0.3, 0.4) is 0 Å². The highest BCUT2D eigenvalue weighted by atomic mass is 32.1. The van der Waals surface area contributed by atoms with Crippen LogP contribution >= 0.6 is 11.3 Å². The zero-order valence-corrected chi connectivity index (χ0v) is 12.8. The molecule has 0 unspecified atom stereocenters. The molecule has 0 atom stereocenters. The lowest BCUT2D eigenvalue weighted by Crippen LogP contribution is -2.30. The van der Waals surface area contributed by atoms with Crippen molar-refractivity contribution in [3.8, 4) is 5.75 Å². The molecule has 0 aliphatic rings. The van der Waals surface area contributed by atoms with Crippen molar-refractivity contribution < 1.29 is 18.3 Å². The van der Waals surface area contributed by atoms with E-state index in [2.05, 4.69) is 15.4 Å². The number of amides is 2. The van der Waals surface area contributed by atoms with Crippen LogP contribution < -0.4 is 15.4 Å². The summed E-state index contributed by atoms with van der Waals surface area (Å²) in [6, 6.07) is 8.19. The number of anilines is 1. The topological polar surface area (TPSA) is 50.4 Å². The normalized spacial score (nSPS) is 10.5. The Balaban J connectivity index is 1.88. The number of nitrogens with one attached hydrogen (secondary N) is 2. The molecule has 0 saturated carbocycles. The third kappa shape index (κ3) is 4.70. The first-order chi connectivity index (χ1) is 10.6. The minimum Gasteiger partial charge on any atom is -0.434 e. The first kappa shape index (κ1) is 16.2. The van der Waals surface area contributed by atoms with Gasteiger partial charge in [0.25, 0.3) is 0 Å². The Morgan fingerprint density at radius 2 is 2.14 bits per heavy atom. The van der Waals surface area contributed by atoms with Gasteiger partial charge in [-0.3, -0.25) is 0 Å². The highest BCUT2D eigenvalue weighted by Gasteiger charge is 2.11. The standard InChI is InChI=1S/C15H16F2N2O2S/c1-10-12(5-2-6-13(10)21-14(16)17)19-15(20)18-8-7-11-4-3-9-22-11/h2-6,9,14H,7-8H2,1H3,(H2,18,19,20). The van der Waals surface area contributed by atoms with E-state index in [9.17, 15) is 13.6 Å². The molecule has 0 bridgehead atoms. The highest BCUT2D eigenvalue weighted by Crippen LogP contribution is 2.26. The average Bonchev–Trinajstić information content (AvgIpc) is 2.96. The van der Waals surface area contributed by atoms with Gasteiger partial charge in [-0.2, -0.15) is 8.78 Å². The molecule has 4 nitrogen and oxygen atoms in total. The molecule has 0 fully saturated rings. The molecule has 2 aromatic rings. The fraction of sp³-hybridized carbons (Fsp3) is 0.267. The molecule has 2 rings (SSSR count). The summed E-state index contributed by atoms with van der Waals surface area (Å²) in [5.74, 6) is 0.0476. The van der Waals surface area contributed by atoms with Crippen molar-refractivity contribution in [2.45, 2.75) is 20.0 Å². The lowest BCUT2D eigenvalue weighted by Gasteiger charge is -2.13. The van der Waals surface area contributed by atoms with E-state index in [1.165, 1.54) is 10.9 Å². The van der Waals surface area contributed by atoms with E-state index >= 15 is 0 Å². The predicted molar refractivity (Wildman–Crippen MR) is 82.9 cm³/mol. The third-order valence-corrected chi connectivity index (χ3v) is 3.92. The van der Waals surface area contributed by atoms with E-state index in [0.717, 1.165) is 6.42 Å². The van der Waals surface area contributed by atoms with E-state index in [4.69, 9.17) is 0 Å². The molecule has 0 aliphatic carbocycles. The van der Waals surface area contributed by atoms with Gasteiger partial charge in [0, 0.05) is 22.7 Å². The van der Waals surface area contributed by atoms with E-state index < -0.39 is 6.61 Å². The van der Waals surface area contributed by atoms with Gasteiger partial charge < -0.3 is 15.4 Å². The largest absolute Gasteiger partial charge is 0.434 e. The molecule has 7 heteroatoms. The summed E-state index contributed by atoms with van der Waals surface area (Å²) >= 11 is 1.63. The number of hydrogen-bond acceptors (Lipinski definition) is 3. The highest BCUT2D eigenvalue weighted by molar-refractivity contribution is 7.09. The molecule has 2 amide bonds. The van der Waals surface area contributed by atoms with E-state index in [1.54, 1.807) is 30.4 Å². The first-order valence-electron chi connectivity index (χ1n) is 6.68. The second kappa shape index (κ2) is 7.74. The minimum absolute atomic E-state index is 0.0476. The van der Waals surface area contributed by atoms with Crippen molar-refractivity contribution in [2.75, 3.05) is 11.9 Å². The lowest BCUT2D eigenvalue weighted by atomic mass is 10.2. The molecule has 0 saturated heterocycles. The number of ether oxygens (including phenoxy) is 1. The summed E-state index contributed by atoms with van der Waals surface area (Å²) in [6.45, 7) is -0.786. The van der Waals surface area contributed by atoms with Gasteiger partial charge in [-0.15, -0.1) is 11.3 Å². The molecule has 0 spiro atoms. The van der Waals surface area contributed by atoms with Crippen LogP contribution in [0.25, 0.3) is 0 Å². The number of benzene rings is 1. The lowest BCUT2D eigenvalue weighted by molar-refractivity contribution is -0.0502. The Hall–Kier alpha value is -2.15. The van der Waals surface area contributed by atoms with E-state index in [1.807, 2.05) is 17.5 Å². The predicted octanol–water partition coefficient (Wildman–Crippen LogP) is 4.02. The fourth-order valence-electron chi connectivity index (χ4n) is 1.89. The maximum atomic E-state index is 12.3. The molecule has 118 valence electrons. The Morgan fingerprint density at radius 3 is 2.82 bits per heavy atom. The second-order valence-corrected chi connectivity index (χ2v) is 5.55. The van der Waals surface area contributed by atoms with Gasteiger partial charge in [-0.05, 0) is 36.9 Å². The van der Waals surface area contributed by atoms with Crippen molar-refractivity contribution in [3.63, 3.8) is 0 Å². The summed E-state index contributed by atoms with van der Waals surface area (Å²) in [7, 11) is 0. The van der Waals surface area contributed by atoms with E-state index in [0.29, 0.717) is 17.8 Å². The van der Waals surface area contributed by atoms with Crippen molar-refractivity contribution in [1.82, 2.24) is 5.32 Å². The zero-order chi connectivity index (χ0) is 15.9. The number of hydrogen-bond donors (Lipinski definition) is 2. The monoisotopic (exact) mass is 326 g/mol. The molecule has 22 heavy (non-hydrogen) atoms. The van der Waals surface area contributed by atoms with Crippen LogP contribution in [-0.4, -0.2) is 19.2 Å². The van der Waals surface area contributed by atoms with Crippen LogP contribution in [0.5, 0.6) is 5.75 Å². The molecular weight excluding hydrogens is 310 g/mol. The number of urea groups is 1. The van der Waals surface area contributed by atoms with E-state index in [-0.39, 0.29) is 11.8 Å². The maximum absolute atomic E-state index is 12.3. The van der Waals surface area contributed by atoms with Gasteiger partial charge in [0.2, 0.25) is 0 Å². The molecule has 1 aromatic carbocycles. The number of rotatable bonds is 6. The maximum Gasteiger partial charge on any atom is 0.387 e. The Kier molecular flexibility index (Phi) is 5.71. The molecule has 2 N–H and O–H groups in total. The third-order valence-electron chi connectivity index (χ3n) is 2.99. The first-order valence-corrected chi connectivity index (χ1v) is 7.56. The van der Waals surface area contributed by atoms with Crippen LogP contribution in [0.2, 0.25) is 0 Å². The number of thiophene rings is 1.